The summed E-state index contributed by atoms with van der Waals surface area (Å²) in [6.07, 6.45) is 2.08. The van der Waals surface area contributed by atoms with E-state index < -0.39 is 19.9 Å². The van der Waals surface area contributed by atoms with Gasteiger partial charge in [0.05, 0.1) is 10.6 Å². The number of sulfone groups is 1. The predicted octanol–water partition coefficient (Wildman–Crippen LogP) is 0.929. The molecule has 23 heavy (non-hydrogen) atoms. The summed E-state index contributed by atoms with van der Waals surface area (Å²) in [6, 6.07) is 5.85. The number of piperidine rings is 1. The summed E-state index contributed by atoms with van der Waals surface area (Å²) in [5, 5.41) is 3.18. The summed E-state index contributed by atoms with van der Waals surface area (Å²) in [6.45, 7) is 3.55. The number of benzene rings is 1. The van der Waals surface area contributed by atoms with Gasteiger partial charge in [0.1, 0.15) is 0 Å². The van der Waals surface area contributed by atoms with Crippen molar-refractivity contribution in [1.29, 1.82) is 0 Å². The van der Waals surface area contributed by atoms with E-state index in [0.717, 1.165) is 19.2 Å². The zero-order valence-corrected chi connectivity index (χ0v) is 15.6. The minimum atomic E-state index is -3.59. The number of rotatable bonds is 5. The van der Waals surface area contributed by atoms with Crippen LogP contribution in [0.4, 0.5) is 0 Å². The van der Waals surface area contributed by atoms with Gasteiger partial charge >= 0.3 is 0 Å². The molecule has 1 aliphatic rings. The largest absolute Gasteiger partial charge is 0.315 e. The first-order chi connectivity index (χ1) is 10.2. The number of nitrogens with one attached hydrogen (secondary N) is 2. The Hall–Kier alpha value is -0.670. The Bertz CT molecular complexity index is 718. The minimum absolute atomic E-state index is 0. The molecule has 1 aliphatic heterocycles. The topological polar surface area (TPSA) is 92.3 Å². The lowest BCUT2D eigenvalue weighted by Crippen LogP contribution is -2.50. The molecule has 0 aliphatic carbocycles. The fourth-order valence-electron chi connectivity index (χ4n) is 2.48. The standard InChI is InChI=1S/C14H22N2O4S2.ClH/c1-11-7-8-15-9-14(11)16-22(19,20)13-5-3-12(4-6-13)10-21(2,17)18;/h3-6,11,14-16H,7-10H2,1-2H3;1H. The first kappa shape index (κ1) is 20.4. The Kier molecular flexibility index (Phi) is 7.03. The molecule has 1 saturated heterocycles. The first-order valence-electron chi connectivity index (χ1n) is 7.17. The fourth-order valence-corrected chi connectivity index (χ4v) is 4.63. The van der Waals surface area contributed by atoms with Gasteiger partial charge in [0, 0.05) is 18.8 Å². The van der Waals surface area contributed by atoms with Crippen molar-refractivity contribution in [2.45, 2.75) is 30.0 Å². The van der Waals surface area contributed by atoms with E-state index in [4.69, 9.17) is 0 Å². The molecule has 0 radical (unpaired) electrons. The van der Waals surface area contributed by atoms with E-state index in [1.54, 1.807) is 0 Å². The Balaban J connectivity index is 0.00000264. The number of sulfonamides is 1. The number of hydrogen-bond donors (Lipinski definition) is 2. The molecule has 1 aromatic rings. The van der Waals surface area contributed by atoms with Gasteiger partial charge in [-0.3, -0.25) is 0 Å². The molecule has 6 nitrogen and oxygen atoms in total. The molecule has 1 aromatic carbocycles. The smallest absolute Gasteiger partial charge is 0.240 e. The third kappa shape index (κ3) is 6.04. The van der Waals surface area contributed by atoms with Crippen molar-refractivity contribution < 1.29 is 16.8 Å². The van der Waals surface area contributed by atoms with Crippen molar-refractivity contribution in [1.82, 2.24) is 10.0 Å². The lowest BCUT2D eigenvalue weighted by Gasteiger charge is -2.29. The van der Waals surface area contributed by atoms with Crippen LogP contribution in [0, 0.1) is 5.92 Å². The van der Waals surface area contributed by atoms with Crippen LogP contribution in [0.2, 0.25) is 0 Å². The van der Waals surface area contributed by atoms with Crippen LogP contribution in [0.3, 0.4) is 0 Å². The van der Waals surface area contributed by atoms with Gasteiger partial charge in [0.2, 0.25) is 10.0 Å². The van der Waals surface area contributed by atoms with E-state index in [0.29, 0.717) is 12.1 Å². The summed E-state index contributed by atoms with van der Waals surface area (Å²) < 4.78 is 50.0. The maximum absolute atomic E-state index is 12.4. The molecule has 0 spiro atoms. The molecule has 2 unspecified atom stereocenters. The summed E-state index contributed by atoms with van der Waals surface area (Å²) in [4.78, 5) is 0.155. The van der Waals surface area contributed by atoms with Gasteiger partial charge in [-0.15, -0.1) is 12.4 Å². The monoisotopic (exact) mass is 382 g/mol. The van der Waals surface area contributed by atoms with Gasteiger partial charge in [0.25, 0.3) is 0 Å². The molecule has 0 amide bonds. The van der Waals surface area contributed by atoms with Crippen molar-refractivity contribution in [3.63, 3.8) is 0 Å². The molecule has 0 aromatic heterocycles. The third-order valence-electron chi connectivity index (χ3n) is 3.80. The molecule has 2 atom stereocenters. The van der Waals surface area contributed by atoms with E-state index in [9.17, 15) is 16.8 Å². The van der Waals surface area contributed by atoms with Crippen LogP contribution in [0.25, 0.3) is 0 Å². The van der Waals surface area contributed by atoms with Crippen molar-refractivity contribution in [2.75, 3.05) is 19.3 Å². The predicted molar refractivity (Wildman–Crippen MR) is 93.0 cm³/mol. The minimum Gasteiger partial charge on any atom is -0.315 e. The lowest BCUT2D eigenvalue weighted by molar-refractivity contribution is 0.327. The SMILES string of the molecule is CC1CCNCC1NS(=O)(=O)c1ccc(CS(C)(=O)=O)cc1.Cl. The van der Waals surface area contributed by atoms with Crippen LogP contribution in [0.5, 0.6) is 0 Å². The van der Waals surface area contributed by atoms with Crippen LogP contribution < -0.4 is 10.0 Å². The molecule has 2 N–H and O–H groups in total. The molecule has 2 rings (SSSR count). The Labute approximate surface area is 144 Å². The number of halogens is 1. The van der Waals surface area contributed by atoms with Gasteiger partial charge in [-0.2, -0.15) is 0 Å². The second-order valence-corrected chi connectivity index (χ2v) is 9.77. The summed E-state index contributed by atoms with van der Waals surface area (Å²) >= 11 is 0. The van der Waals surface area contributed by atoms with Crippen molar-refractivity contribution in [2.24, 2.45) is 5.92 Å². The highest BCUT2D eigenvalue weighted by atomic mass is 35.5. The van der Waals surface area contributed by atoms with Crippen LogP contribution in [-0.2, 0) is 25.6 Å². The summed E-state index contributed by atoms with van der Waals surface area (Å²) in [5.74, 6) is 0.185. The maximum Gasteiger partial charge on any atom is 0.240 e. The second kappa shape index (κ2) is 7.94. The van der Waals surface area contributed by atoms with Gasteiger partial charge < -0.3 is 5.32 Å². The molecular formula is C14H23ClN2O4S2. The fraction of sp³-hybridized carbons (Fsp3) is 0.571. The van der Waals surface area contributed by atoms with Crippen molar-refractivity contribution in [3.8, 4) is 0 Å². The molecule has 132 valence electrons. The van der Waals surface area contributed by atoms with E-state index in [-0.39, 0.29) is 35.0 Å². The molecule has 0 bridgehead atoms. The average molecular weight is 383 g/mol. The van der Waals surface area contributed by atoms with Crippen molar-refractivity contribution in [3.05, 3.63) is 29.8 Å². The van der Waals surface area contributed by atoms with Crippen LogP contribution in [0.15, 0.2) is 29.2 Å². The molecular weight excluding hydrogens is 360 g/mol. The summed E-state index contributed by atoms with van der Waals surface area (Å²) in [5.41, 5.74) is 0.578. The summed E-state index contributed by atoms with van der Waals surface area (Å²) in [7, 11) is -6.72. The van der Waals surface area contributed by atoms with E-state index in [1.807, 2.05) is 6.92 Å². The van der Waals surface area contributed by atoms with E-state index in [2.05, 4.69) is 10.0 Å². The van der Waals surface area contributed by atoms with Gasteiger partial charge in [-0.1, -0.05) is 19.1 Å². The molecule has 1 heterocycles. The average Bonchev–Trinajstić information content (AvgIpc) is 2.40. The quantitative estimate of drug-likeness (QED) is 0.790. The molecule has 0 saturated carbocycles. The highest BCUT2D eigenvalue weighted by Gasteiger charge is 2.26. The normalized spacial score (nSPS) is 22.3. The lowest BCUT2D eigenvalue weighted by atomic mass is 9.96. The van der Waals surface area contributed by atoms with E-state index in [1.165, 1.54) is 24.3 Å². The van der Waals surface area contributed by atoms with Gasteiger partial charge in [-0.05, 0) is 36.6 Å². The molecule has 9 heteroatoms. The Morgan fingerprint density at radius 2 is 1.78 bits per heavy atom. The maximum atomic E-state index is 12.4. The van der Waals surface area contributed by atoms with Gasteiger partial charge in [0.15, 0.2) is 9.84 Å². The van der Waals surface area contributed by atoms with Crippen LogP contribution in [-0.4, -0.2) is 42.2 Å². The van der Waals surface area contributed by atoms with Crippen molar-refractivity contribution >= 4 is 32.3 Å². The Morgan fingerprint density at radius 1 is 1.17 bits per heavy atom. The Morgan fingerprint density at radius 3 is 2.30 bits per heavy atom. The second-order valence-electron chi connectivity index (χ2n) is 5.91. The van der Waals surface area contributed by atoms with Crippen LogP contribution in [0.1, 0.15) is 18.9 Å². The van der Waals surface area contributed by atoms with Crippen LogP contribution >= 0.6 is 12.4 Å². The highest BCUT2D eigenvalue weighted by molar-refractivity contribution is 7.90. The number of hydrogen-bond acceptors (Lipinski definition) is 5. The molecule has 1 fully saturated rings. The zero-order chi connectivity index (χ0) is 16.4. The van der Waals surface area contributed by atoms with E-state index >= 15 is 0 Å². The highest BCUT2D eigenvalue weighted by Crippen LogP contribution is 2.17. The zero-order valence-electron chi connectivity index (χ0n) is 13.2. The first-order valence-corrected chi connectivity index (χ1v) is 10.7. The third-order valence-corrected chi connectivity index (χ3v) is 6.16. The van der Waals surface area contributed by atoms with Gasteiger partial charge in [-0.25, -0.2) is 21.6 Å².